The number of rotatable bonds is 2. The van der Waals surface area contributed by atoms with Crippen LogP contribution in [0.3, 0.4) is 0 Å². The third kappa shape index (κ3) is 1.34. The summed E-state index contributed by atoms with van der Waals surface area (Å²) in [6, 6.07) is 6.63. The molecule has 2 amide bonds. The number of hydrogen-bond acceptors (Lipinski definition) is 2. The van der Waals surface area contributed by atoms with Crippen LogP contribution < -0.4 is 0 Å². The van der Waals surface area contributed by atoms with E-state index in [2.05, 4.69) is 0 Å². The van der Waals surface area contributed by atoms with Gasteiger partial charge in [0.05, 0.1) is 16.7 Å². The Bertz CT molecular complexity index is 430. The average Bonchev–Trinajstić information content (AvgIpc) is 2.53. The van der Waals surface area contributed by atoms with Crippen molar-refractivity contribution in [2.45, 2.75) is 19.4 Å². The van der Waals surface area contributed by atoms with Gasteiger partial charge in [-0.1, -0.05) is 12.1 Å². The SMILES string of the molecule is CC(C)(C[O])N1C(=O)c2ccccc2C1=O. The molecule has 1 aliphatic heterocycles. The largest absolute Gasteiger partial charge is 0.269 e. The van der Waals surface area contributed by atoms with Gasteiger partial charge in [-0.05, 0) is 26.0 Å². The molecule has 0 fully saturated rings. The van der Waals surface area contributed by atoms with Crippen molar-refractivity contribution in [1.82, 2.24) is 4.90 Å². The van der Waals surface area contributed by atoms with Crippen LogP contribution >= 0.6 is 0 Å². The molecule has 0 saturated carbocycles. The Labute approximate surface area is 93.5 Å². The monoisotopic (exact) mass is 218 g/mol. The highest BCUT2D eigenvalue weighted by Crippen LogP contribution is 2.28. The standard InChI is InChI=1S/C12H12NO3/c1-12(2,7-14)13-10(15)8-5-3-4-6-9(8)11(13)16/h3-6H,7H2,1-2H3. The van der Waals surface area contributed by atoms with E-state index in [0.29, 0.717) is 11.1 Å². The fourth-order valence-electron chi connectivity index (χ4n) is 1.80. The van der Waals surface area contributed by atoms with E-state index in [1.807, 2.05) is 0 Å². The lowest BCUT2D eigenvalue weighted by atomic mass is 10.0. The summed E-state index contributed by atoms with van der Waals surface area (Å²) in [6.07, 6.45) is 0. The zero-order valence-corrected chi connectivity index (χ0v) is 9.19. The van der Waals surface area contributed by atoms with E-state index < -0.39 is 12.1 Å². The second-order valence-electron chi connectivity index (χ2n) is 4.45. The van der Waals surface area contributed by atoms with Crippen LogP contribution in [0.15, 0.2) is 24.3 Å². The van der Waals surface area contributed by atoms with E-state index >= 15 is 0 Å². The molecule has 0 N–H and O–H groups in total. The van der Waals surface area contributed by atoms with Crippen molar-refractivity contribution in [2.24, 2.45) is 0 Å². The van der Waals surface area contributed by atoms with E-state index in [1.54, 1.807) is 38.1 Å². The number of carbonyl (C=O) groups excluding carboxylic acids is 2. The number of nitrogens with zero attached hydrogens (tertiary/aromatic N) is 1. The van der Waals surface area contributed by atoms with Crippen molar-refractivity contribution in [1.29, 1.82) is 0 Å². The molecule has 1 radical (unpaired) electrons. The molecule has 1 aromatic rings. The maximum atomic E-state index is 12.0. The van der Waals surface area contributed by atoms with Crippen LogP contribution in [-0.4, -0.2) is 28.9 Å². The Morgan fingerprint density at radius 2 is 1.50 bits per heavy atom. The molecule has 0 unspecified atom stereocenters. The number of carbonyl (C=O) groups is 2. The van der Waals surface area contributed by atoms with Gasteiger partial charge in [-0.3, -0.25) is 14.5 Å². The first-order valence-electron chi connectivity index (χ1n) is 5.05. The Kier molecular flexibility index (Phi) is 2.31. The maximum Gasteiger partial charge on any atom is 0.262 e. The van der Waals surface area contributed by atoms with Gasteiger partial charge >= 0.3 is 0 Å². The Balaban J connectivity index is 2.51. The number of hydrogen-bond donors (Lipinski definition) is 0. The molecule has 4 heteroatoms. The summed E-state index contributed by atoms with van der Waals surface area (Å²) >= 11 is 0. The number of benzene rings is 1. The first-order chi connectivity index (χ1) is 7.49. The summed E-state index contributed by atoms with van der Waals surface area (Å²) in [5.41, 5.74) is -0.212. The van der Waals surface area contributed by atoms with Crippen LogP contribution in [0.25, 0.3) is 0 Å². The zero-order valence-electron chi connectivity index (χ0n) is 9.19. The second kappa shape index (κ2) is 3.42. The summed E-state index contributed by atoms with van der Waals surface area (Å²) in [5.74, 6) is -0.747. The summed E-state index contributed by atoms with van der Waals surface area (Å²) in [5, 5.41) is 11.0. The predicted molar refractivity (Wildman–Crippen MR) is 56.6 cm³/mol. The molecule has 0 saturated heterocycles. The van der Waals surface area contributed by atoms with E-state index in [9.17, 15) is 14.7 Å². The molecule has 83 valence electrons. The van der Waals surface area contributed by atoms with Crippen molar-refractivity contribution < 1.29 is 14.7 Å². The van der Waals surface area contributed by atoms with Crippen molar-refractivity contribution >= 4 is 11.8 Å². The molecular weight excluding hydrogens is 206 g/mol. The molecule has 1 aromatic carbocycles. The molecular formula is C12H12NO3. The van der Waals surface area contributed by atoms with Crippen molar-refractivity contribution in [2.75, 3.05) is 6.61 Å². The number of fused-ring (bicyclic) bond motifs is 1. The van der Waals surface area contributed by atoms with Gasteiger partial charge in [-0.2, -0.15) is 0 Å². The topological polar surface area (TPSA) is 57.3 Å². The molecule has 0 aromatic heterocycles. The van der Waals surface area contributed by atoms with E-state index in [0.717, 1.165) is 4.90 Å². The van der Waals surface area contributed by atoms with Crippen LogP contribution in [0.4, 0.5) is 0 Å². The lowest BCUT2D eigenvalue weighted by Crippen LogP contribution is -2.49. The van der Waals surface area contributed by atoms with Gasteiger partial charge in [0.15, 0.2) is 0 Å². The Morgan fingerprint density at radius 3 is 1.88 bits per heavy atom. The molecule has 0 atom stereocenters. The molecule has 4 nitrogen and oxygen atoms in total. The molecule has 2 rings (SSSR count). The molecule has 1 heterocycles. The first kappa shape index (κ1) is 10.8. The van der Waals surface area contributed by atoms with Gasteiger partial charge in [0.25, 0.3) is 11.8 Å². The van der Waals surface area contributed by atoms with Gasteiger partial charge in [0.1, 0.15) is 6.61 Å². The normalized spacial score (nSPS) is 15.6. The quantitative estimate of drug-likeness (QED) is 0.706. The van der Waals surface area contributed by atoms with Gasteiger partial charge in [-0.25, -0.2) is 5.11 Å². The summed E-state index contributed by atoms with van der Waals surface area (Å²) < 4.78 is 0. The van der Waals surface area contributed by atoms with Crippen molar-refractivity contribution in [3.63, 3.8) is 0 Å². The highest BCUT2D eigenvalue weighted by molar-refractivity contribution is 6.21. The number of amides is 2. The van der Waals surface area contributed by atoms with E-state index in [1.165, 1.54) is 0 Å². The van der Waals surface area contributed by atoms with E-state index in [-0.39, 0.29) is 11.8 Å². The zero-order chi connectivity index (χ0) is 11.9. The van der Waals surface area contributed by atoms with Gasteiger partial charge in [0, 0.05) is 0 Å². The highest BCUT2D eigenvalue weighted by atomic mass is 16.3. The lowest BCUT2D eigenvalue weighted by molar-refractivity contribution is 0.0233. The van der Waals surface area contributed by atoms with Crippen molar-refractivity contribution in [3.05, 3.63) is 35.4 Å². The minimum Gasteiger partial charge on any atom is -0.269 e. The molecule has 0 spiro atoms. The lowest BCUT2D eigenvalue weighted by Gasteiger charge is -2.30. The first-order valence-corrected chi connectivity index (χ1v) is 5.05. The molecule has 1 aliphatic rings. The Hall–Kier alpha value is -1.68. The van der Waals surface area contributed by atoms with Crippen molar-refractivity contribution in [3.8, 4) is 0 Å². The predicted octanol–water partition coefficient (Wildman–Crippen LogP) is 1.49. The van der Waals surface area contributed by atoms with Crippen LogP contribution in [-0.2, 0) is 5.11 Å². The third-order valence-corrected chi connectivity index (χ3v) is 2.75. The van der Waals surface area contributed by atoms with Crippen LogP contribution in [0, 0.1) is 0 Å². The maximum absolute atomic E-state index is 12.0. The summed E-state index contributed by atoms with van der Waals surface area (Å²) in [4.78, 5) is 25.0. The number of imide groups is 1. The van der Waals surface area contributed by atoms with Crippen LogP contribution in [0.5, 0.6) is 0 Å². The highest BCUT2D eigenvalue weighted by Gasteiger charge is 2.43. The fourth-order valence-corrected chi connectivity index (χ4v) is 1.80. The third-order valence-electron chi connectivity index (χ3n) is 2.75. The second-order valence-corrected chi connectivity index (χ2v) is 4.45. The van der Waals surface area contributed by atoms with Gasteiger partial charge in [-0.15, -0.1) is 0 Å². The fraction of sp³-hybridized carbons (Fsp3) is 0.333. The van der Waals surface area contributed by atoms with Crippen LogP contribution in [0.2, 0.25) is 0 Å². The smallest absolute Gasteiger partial charge is 0.262 e. The summed E-state index contributed by atoms with van der Waals surface area (Å²) in [6.45, 7) is 2.70. The molecule has 0 bridgehead atoms. The van der Waals surface area contributed by atoms with Gasteiger partial charge < -0.3 is 0 Å². The van der Waals surface area contributed by atoms with Gasteiger partial charge in [0.2, 0.25) is 0 Å². The Morgan fingerprint density at radius 1 is 1.06 bits per heavy atom. The van der Waals surface area contributed by atoms with Crippen LogP contribution in [0.1, 0.15) is 34.6 Å². The molecule has 0 aliphatic carbocycles. The molecule has 16 heavy (non-hydrogen) atoms. The minimum absolute atomic E-state index is 0.374. The minimum atomic E-state index is -0.979. The van der Waals surface area contributed by atoms with E-state index in [4.69, 9.17) is 0 Å². The average molecular weight is 218 g/mol. The summed E-state index contributed by atoms with van der Waals surface area (Å²) in [7, 11) is 0.